The van der Waals surface area contributed by atoms with Gasteiger partial charge >= 0.3 is 0 Å². The molecule has 3 heterocycles. The van der Waals surface area contributed by atoms with Crippen molar-refractivity contribution in [2.45, 2.75) is 11.7 Å². The zero-order chi connectivity index (χ0) is 12.5. The Morgan fingerprint density at radius 1 is 1.50 bits per heavy atom. The largest absolute Gasteiger partial charge is 0.331 e. The monoisotopic (exact) mass is 263 g/mol. The van der Waals surface area contributed by atoms with Crippen molar-refractivity contribution in [3.05, 3.63) is 34.5 Å². The number of aromatic nitrogens is 4. The molecule has 0 aliphatic carbocycles. The number of thioether (sulfide) groups is 1. The van der Waals surface area contributed by atoms with E-state index in [0.29, 0.717) is 17.6 Å². The van der Waals surface area contributed by atoms with Crippen LogP contribution in [0.2, 0.25) is 0 Å². The third-order valence-electron chi connectivity index (χ3n) is 2.53. The van der Waals surface area contributed by atoms with Crippen LogP contribution in [0.5, 0.6) is 0 Å². The molecule has 0 bridgehead atoms. The van der Waals surface area contributed by atoms with Gasteiger partial charge in [0, 0.05) is 30.9 Å². The van der Waals surface area contributed by atoms with Crippen molar-refractivity contribution in [1.29, 1.82) is 0 Å². The van der Waals surface area contributed by atoms with E-state index in [9.17, 15) is 9.59 Å². The van der Waals surface area contributed by atoms with Gasteiger partial charge < -0.3 is 4.98 Å². The van der Waals surface area contributed by atoms with E-state index in [2.05, 4.69) is 20.3 Å². The summed E-state index contributed by atoms with van der Waals surface area (Å²) in [6.45, 7) is 0.591. The van der Waals surface area contributed by atoms with Crippen LogP contribution in [0.4, 0.5) is 5.95 Å². The van der Waals surface area contributed by atoms with Crippen molar-refractivity contribution < 1.29 is 4.79 Å². The Bertz CT molecular complexity index is 649. The first-order chi connectivity index (χ1) is 8.75. The number of carbonyl (C=O) groups is 1. The molecule has 1 amide bonds. The van der Waals surface area contributed by atoms with Gasteiger partial charge in [0.25, 0.3) is 11.5 Å². The minimum Gasteiger partial charge on any atom is -0.331 e. The lowest BCUT2D eigenvalue weighted by Gasteiger charge is -2.04. The summed E-state index contributed by atoms with van der Waals surface area (Å²) in [5.41, 5.74) is -0.285. The number of hydrogen-bond acceptors (Lipinski definition) is 5. The highest BCUT2D eigenvalue weighted by Gasteiger charge is 2.20. The molecule has 0 saturated heterocycles. The Kier molecular flexibility index (Phi) is 2.63. The molecule has 8 heteroatoms. The third-order valence-corrected chi connectivity index (χ3v) is 3.50. The molecule has 18 heavy (non-hydrogen) atoms. The van der Waals surface area contributed by atoms with Gasteiger partial charge in [0.1, 0.15) is 5.56 Å². The number of anilines is 1. The molecule has 0 aromatic carbocycles. The standard InChI is InChI=1S/C10H9N5O2S/c16-7(14-9-11-1-2-12-9)6-5-13-10-15(8(6)17)3-4-18-10/h1-2,5H,3-4H2,(H2,11,12,14,16). The molecular formula is C10H9N5O2S. The Morgan fingerprint density at radius 2 is 2.39 bits per heavy atom. The van der Waals surface area contributed by atoms with Crippen molar-refractivity contribution in [2.75, 3.05) is 11.1 Å². The number of carbonyl (C=O) groups excluding carboxylic acids is 1. The quantitative estimate of drug-likeness (QED) is 0.761. The number of nitrogens with zero attached hydrogens (tertiary/aromatic N) is 3. The molecule has 2 aromatic heterocycles. The number of H-pyrrole nitrogens is 1. The number of aromatic amines is 1. The Morgan fingerprint density at radius 3 is 3.17 bits per heavy atom. The van der Waals surface area contributed by atoms with Crippen LogP contribution in [0, 0.1) is 0 Å². The van der Waals surface area contributed by atoms with Crippen molar-refractivity contribution in [1.82, 2.24) is 19.5 Å². The van der Waals surface area contributed by atoms with Gasteiger partial charge in [0.05, 0.1) is 0 Å². The number of nitrogens with one attached hydrogen (secondary N) is 2. The molecule has 0 atom stereocenters. The molecule has 1 aliphatic heterocycles. The maximum atomic E-state index is 12.0. The number of rotatable bonds is 2. The van der Waals surface area contributed by atoms with E-state index in [-0.39, 0.29) is 11.1 Å². The maximum absolute atomic E-state index is 12.0. The first kappa shape index (κ1) is 11.0. The van der Waals surface area contributed by atoms with Gasteiger partial charge in [-0.25, -0.2) is 9.97 Å². The number of amides is 1. The van der Waals surface area contributed by atoms with E-state index in [1.165, 1.54) is 28.7 Å². The fourth-order valence-electron chi connectivity index (χ4n) is 1.68. The Hall–Kier alpha value is -2.09. The van der Waals surface area contributed by atoms with E-state index in [0.717, 1.165) is 5.75 Å². The van der Waals surface area contributed by atoms with E-state index < -0.39 is 5.91 Å². The van der Waals surface area contributed by atoms with Crippen LogP contribution in [0.15, 0.2) is 28.5 Å². The molecule has 1 aliphatic rings. The number of hydrogen-bond donors (Lipinski definition) is 2. The van der Waals surface area contributed by atoms with E-state index in [1.807, 2.05) is 0 Å². The van der Waals surface area contributed by atoms with Gasteiger partial charge in [-0.1, -0.05) is 11.8 Å². The molecular weight excluding hydrogens is 254 g/mol. The Labute approximate surface area is 106 Å². The molecule has 2 aromatic rings. The summed E-state index contributed by atoms with van der Waals surface area (Å²) in [4.78, 5) is 34.7. The van der Waals surface area contributed by atoms with Crippen molar-refractivity contribution in [3.8, 4) is 0 Å². The second kappa shape index (κ2) is 4.30. The molecule has 0 spiro atoms. The molecule has 0 saturated carbocycles. The highest BCUT2D eigenvalue weighted by atomic mass is 32.2. The molecule has 0 fully saturated rings. The number of imidazole rings is 1. The van der Waals surface area contributed by atoms with Gasteiger partial charge in [-0.2, -0.15) is 0 Å². The average molecular weight is 263 g/mol. The summed E-state index contributed by atoms with van der Waals surface area (Å²) >= 11 is 1.51. The summed E-state index contributed by atoms with van der Waals surface area (Å²) in [6.07, 6.45) is 4.41. The summed E-state index contributed by atoms with van der Waals surface area (Å²) < 4.78 is 1.52. The zero-order valence-corrected chi connectivity index (χ0v) is 10.0. The van der Waals surface area contributed by atoms with Crippen LogP contribution in [0.3, 0.4) is 0 Å². The topological polar surface area (TPSA) is 92.7 Å². The molecule has 2 N–H and O–H groups in total. The predicted octanol–water partition coefficient (Wildman–Crippen LogP) is 0.324. The molecule has 3 rings (SSSR count). The minimum atomic E-state index is -0.505. The van der Waals surface area contributed by atoms with Gasteiger partial charge in [-0.3, -0.25) is 19.5 Å². The van der Waals surface area contributed by atoms with Crippen molar-refractivity contribution in [3.63, 3.8) is 0 Å². The summed E-state index contributed by atoms with van der Waals surface area (Å²) in [7, 11) is 0. The molecule has 7 nitrogen and oxygen atoms in total. The first-order valence-electron chi connectivity index (χ1n) is 5.29. The van der Waals surface area contributed by atoms with Crippen LogP contribution in [-0.4, -0.2) is 31.2 Å². The lowest BCUT2D eigenvalue weighted by Crippen LogP contribution is -2.29. The second-order valence-electron chi connectivity index (χ2n) is 3.65. The van der Waals surface area contributed by atoms with E-state index in [1.54, 1.807) is 6.20 Å². The van der Waals surface area contributed by atoms with Gasteiger partial charge in [0.15, 0.2) is 5.16 Å². The van der Waals surface area contributed by atoms with Crippen LogP contribution in [0.1, 0.15) is 10.4 Å². The fourth-order valence-corrected chi connectivity index (χ4v) is 2.60. The molecule has 0 radical (unpaired) electrons. The summed E-state index contributed by atoms with van der Waals surface area (Å²) in [5, 5.41) is 3.17. The normalized spacial score (nSPS) is 13.3. The number of fused-ring (bicyclic) bond motifs is 1. The smallest absolute Gasteiger partial charge is 0.267 e. The first-order valence-corrected chi connectivity index (χ1v) is 6.27. The predicted molar refractivity (Wildman–Crippen MR) is 65.8 cm³/mol. The SMILES string of the molecule is O=C(Nc1ncc[nH]1)c1cnc2n(c1=O)CCS2. The van der Waals surface area contributed by atoms with Crippen LogP contribution >= 0.6 is 11.8 Å². The van der Waals surface area contributed by atoms with Crippen LogP contribution in [0.25, 0.3) is 0 Å². The lowest BCUT2D eigenvalue weighted by molar-refractivity contribution is 0.102. The van der Waals surface area contributed by atoms with Crippen molar-refractivity contribution in [2.24, 2.45) is 0 Å². The zero-order valence-electron chi connectivity index (χ0n) is 9.21. The second-order valence-corrected chi connectivity index (χ2v) is 4.71. The van der Waals surface area contributed by atoms with E-state index in [4.69, 9.17) is 0 Å². The highest BCUT2D eigenvalue weighted by molar-refractivity contribution is 7.99. The maximum Gasteiger partial charge on any atom is 0.267 e. The molecule has 92 valence electrons. The highest BCUT2D eigenvalue weighted by Crippen LogP contribution is 2.20. The third kappa shape index (κ3) is 1.80. The van der Waals surface area contributed by atoms with Gasteiger partial charge in [0.2, 0.25) is 5.95 Å². The minimum absolute atomic E-state index is 0.0256. The van der Waals surface area contributed by atoms with Gasteiger partial charge in [-0.15, -0.1) is 0 Å². The lowest BCUT2D eigenvalue weighted by atomic mass is 10.3. The fraction of sp³-hybridized carbons (Fsp3) is 0.200. The van der Waals surface area contributed by atoms with Gasteiger partial charge in [-0.05, 0) is 0 Å². The summed E-state index contributed by atoms with van der Waals surface area (Å²) in [6, 6.07) is 0. The Balaban J connectivity index is 1.93. The van der Waals surface area contributed by atoms with Crippen LogP contribution in [-0.2, 0) is 6.54 Å². The summed E-state index contributed by atoms with van der Waals surface area (Å²) in [5.74, 6) is 0.611. The van der Waals surface area contributed by atoms with Crippen LogP contribution < -0.4 is 10.9 Å². The average Bonchev–Trinajstić information content (AvgIpc) is 2.99. The van der Waals surface area contributed by atoms with E-state index >= 15 is 0 Å². The van der Waals surface area contributed by atoms with Crippen molar-refractivity contribution >= 4 is 23.6 Å². The molecule has 0 unspecified atom stereocenters.